The van der Waals surface area contributed by atoms with Gasteiger partial charge in [0.15, 0.2) is 12.4 Å². The molecular formula is C18H19N3O5. The van der Waals surface area contributed by atoms with Crippen molar-refractivity contribution in [1.29, 1.82) is 0 Å². The third kappa shape index (κ3) is 3.74. The number of nitrogens with one attached hydrogen (secondary N) is 1. The molecule has 26 heavy (non-hydrogen) atoms. The summed E-state index contributed by atoms with van der Waals surface area (Å²) in [5.41, 5.74) is 1.21. The molecule has 8 nitrogen and oxygen atoms in total. The van der Waals surface area contributed by atoms with Crippen LogP contribution in [0.25, 0.3) is 0 Å². The highest BCUT2D eigenvalue weighted by atomic mass is 16.6. The Labute approximate surface area is 149 Å². The van der Waals surface area contributed by atoms with Gasteiger partial charge in [-0.15, -0.1) is 0 Å². The Kier molecular flexibility index (Phi) is 5.01. The predicted molar refractivity (Wildman–Crippen MR) is 93.6 cm³/mol. The van der Waals surface area contributed by atoms with Crippen LogP contribution in [-0.4, -0.2) is 46.2 Å². The van der Waals surface area contributed by atoms with E-state index in [0.29, 0.717) is 11.3 Å². The molecule has 1 aliphatic rings. The van der Waals surface area contributed by atoms with Gasteiger partial charge in [-0.25, -0.2) is 0 Å². The predicted octanol–water partition coefficient (Wildman–Crippen LogP) is 2.73. The van der Waals surface area contributed by atoms with Crippen LogP contribution in [-0.2, 0) is 0 Å². The number of ether oxygens (including phenoxy) is 1. The number of nitro groups is 1. The Bertz CT molecular complexity index is 852. The number of carbonyl (C=O) groups is 2. The lowest BCUT2D eigenvalue weighted by Gasteiger charge is -2.13. The lowest BCUT2D eigenvalue weighted by atomic mass is 10.2. The summed E-state index contributed by atoms with van der Waals surface area (Å²) in [6.45, 7) is 2.84. The van der Waals surface area contributed by atoms with E-state index >= 15 is 0 Å². The van der Waals surface area contributed by atoms with E-state index in [9.17, 15) is 19.7 Å². The maximum Gasteiger partial charge on any atom is 0.311 e. The molecule has 8 heteroatoms. The zero-order chi connectivity index (χ0) is 18.7. The second kappa shape index (κ2) is 7.38. The highest BCUT2D eigenvalue weighted by molar-refractivity contribution is 6.01. The monoisotopic (exact) mass is 357 g/mol. The normalized spacial score (nSPS) is 13.7. The number of hydrogen-bond donors (Lipinski definition) is 1. The molecular weight excluding hydrogens is 338 g/mol. The van der Waals surface area contributed by atoms with Gasteiger partial charge in [-0.1, -0.05) is 6.07 Å². The van der Waals surface area contributed by atoms with Gasteiger partial charge in [0.05, 0.1) is 4.92 Å². The fourth-order valence-corrected chi connectivity index (χ4v) is 2.89. The lowest BCUT2D eigenvalue weighted by Crippen LogP contribution is -2.27. The molecule has 0 bridgehead atoms. The average molecular weight is 357 g/mol. The number of ketones is 1. The Morgan fingerprint density at radius 3 is 2.69 bits per heavy atom. The minimum absolute atomic E-state index is 0.0397. The van der Waals surface area contributed by atoms with Gasteiger partial charge < -0.3 is 14.6 Å². The van der Waals surface area contributed by atoms with Crippen molar-refractivity contribution < 1.29 is 19.2 Å². The van der Waals surface area contributed by atoms with Gasteiger partial charge in [0.1, 0.15) is 5.69 Å². The SMILES string of the molecule is Cc1ccc(OCC(=O)c2c[nH]c(C(=O)N3CCCC3)c2)c([N+](=O)[O-])c1. The van der Waals surface area contributed by atoms with E-state index in [1.807, 2.05) is 0 Å². The summed E-state index contributed by atoms with van der Waals surface area (Å²) < 4.78 is 5.34. The number of hydrogen-bond acceptors (Lipinski definition) is 5. The molecule has 2 aromatic rings. The van der Waals surface area contributed by atoms with E-state index in [4.69, 9.17) is 4.74 Å². The molecule has 0 saturated carbocycles. The highest BCUT2D eigenvalue weighted by Gasteiger charge is 2.22. The molecule has 1 aromatic carbocycles. The maximum absolute atomic E-state index is 12.3. The fourth-order valence-electron chi connectivity index (χ4n) is 2.89. The number of nitro benzene ring substituents is 1. The van der Waals surface area contributed by atoms with Crippen molar-refractivity contribution in [3.8, 4) is 5.75 Å². The number of likely N-dealkylation sites (tertiary alicyclic amines) is 1. The van der Waals surface area contributed by atoms with E-state index < -0.39 is 4.92 Å². The molecule has 0 spiro atoms. The molecule has 1 aliphatic heterocycles. The van der Waals surface area contributed by atoms with Gasteiger partial charge in [0.2, 0.25) is 5.78 Å². The molecule has 0 radical (unpaired) electrons. The van der Waals surface area contributed by atoms with Crippen LogP contribution in [0.15, 0.2) is 30.5 Å². The maximum atomic E-state index is 12.3. The second-order valence-electron chi connectivity index (χ2n) is 6.24. The van der Waals surface area contributed by atoms with Gasteiger partial charge >= 0.3 is 5.69 Å². The first-order chi connectivity index (χ1) is 12.5. The van der Waals surface area contributed by atoms with Crippen LogP contribution in [0.2, 0.25) is 0 Å². The number of Topliss-reactive ketones (excluding diaryl/α,β-unsaturated/α-hetero) is 1. The molecule has 2 heterocycles. The van der Waals surface area contributed by atoms with Crippen LogP contribution in [0.5, 0.6) is 5.75 Å². The molecule has 1 fully saturated rings. The molecule has 3 rings (SSSR count). The van der Waals surface area contributed by atoms with Crippen LogP contribution in [0, 0.1) is 17.0 Å². The second-order valence-corrected chi connectivity index (χ2v) is 6.24. The topological polar surface area (TPSA) is 106 Å². The first-order valence-corrected chi connectivity index (χ1v) is 8.34. The number of amides is 1. The minimum atomic E-state index is -0.546. The first-order valence-electron chi connectivity index (χ1n) is 8.34. The summed E-state index contributed by atoms with van der Waals surface area (Å²) in [5.74, 6) is -0.453. The summed E-state index contributed by atoms with van der Waals surface area (Å²) in [7, 11) is 0. The van der Waals surface area contributed by atoms with Crippen molar-refractivity contribution in [2.24, 2.45) is 0 Å². The van der Waals surface area contributed by atoms with E-state index in [2.05, 4.69) is 4.98 Å². The highest BCUT2D eigenvalue weighted by Crippen LogP contribution is 2.27. The Morgan fingerprint density at radius 1 is 1.27 bits per heavy atom. The molecule has 1 N–H and O–H groups in total. The number of aromatic nitrogens is 1. The average Bonchev–Trinajstić information content (AvgIpc) is 3.31. The van der Waals surface area contributed by atoms with Crippen molar-refractivity contribution in [3.05, 3.63) is 57.4 Å². The summed E-state index contributed by atoms with van der Waals surface area (Å²) in [4.78, 5) is 39.7. The third-order valence-corrected chi connectivity index (χ3v) is 4.30. The summed E-state index contributed by atoms with van der Waals surface area (Å²) >= 11 is 0. The Balaban J connectivity index is 1.66. The number of benzene rings is 1. The number of nitrogens with zero attached hydrogens (tertiary/aromatic N) is 2. The van der Waals surface area contributed by atoms with Gasteiger partial charge in [-0.2, -0.15) is 0 Å². The number of aryl methyl sites for hydroxylation is 1. The third-order valence-electron chi connectivity index (χ3n) is 4.30. The van der Waals surface area contributed by atoms with E-state index in [0.717, 1.165) is 31.5 Å². The van der Waals surface area contributed by atoms with Gasteiger partial charge in [-0.3, -0.25) is 19.7 Å². The van der Waals surface area contributed by atoms with Gasteiger partial charge in [0, 0.05) is 30.9 Å². The zero-order valence-electron chi connectivity index (χ0n) is 14.4. The minimum Gasteiger partial charge on any atom is -0.478 e. The number of carbonyl (C=O) groups excluding carboxylic acids is 2. The largest absolute Gasteiger partial charge is 0.478 e. The quantitative estimate of drug-likeness (QED) is 0.486. The van der Waals surface area contributed by atoms with E-state index in [1.54, 1.807) is 17.9 Å². The number of H-pyrrole nitrogens is 1. The van der Waals surface area contributed by atoms with E-state index in [1.165, 1.54) is 24.4 Å². The van der Waals surface area contributed by atoms with E-state index in [-0.39, 0.29) is 29.7 Å². The molecule has 1 aromatic heterocycles. The van der Waals surface area contributed by atoms with Crippen molar-refractivity contribution >= 4 is 17.4 Å². The fraction of sp³-hybridized carbons (Fsp3) is 0.333. The molecule has 1 saturated heterocycles. The zero-order valence-corrected chi connectivity index (χ0v) is 14.4. The lowest BCUT2D eigenvalue weighted by molar-refractivity contribution is -0.385. The van der Waals surface area contributed by atoms with Crippen LogP contribution in [0.1, 0.15) is 39.3 Å². The van der Waals surface area contributed by atoms with Crippen LogP contribution in [0.4, 0.5) is 5.69 Å². The molecule has 1 amide bonds. The van der Waals surface area contributed by atoms with Gasteiger partial charge in [0.25, 0.3) is 5.91 Å². The summed E-state index contributed by atoms with van der Waals surface area (Å²) in [6, 6.07) is 6.04. The van der Waals surface area contributed by atoms with Crippen molar-refractivity contribution in [1.82, 2.24) is 9.88 Å². The molecule has 0 atom stereocenters. The Hall–Kier alpha value is -3.16. The summed E-state index contributed by atoms with van der Waals surface area (Å²) in [5, 5.41) is 11.1. The van der Waals surface area contributed by atoms with Crippen LogP contribution in [0.3, 0.4) is 0 Å². The van der Waals surface area contributed by atoms with Crippen LogP contribution >= 0.6 is 0 Å². The molecule has 0 unspecified atom stereocenters. The number of aromatic amines is 1. The standard InChI is InChI=1S/C18H19N3O5/c1-12-4-5-17(15(8-12)21(24)25)26-11-16(22)13-9-14(19-10-13)18(23)20-6-2-3-7-20/h4-5,8-10,19H,2-3,6-7,11H2,1H3. The van der Waals surface area contributed by atoms with Crippen molar-refractivity contribution in [2.75, 3.05) is 19.7 Å². The number of rotatable bonds is 6. The molecule has 0 aliphatic carbocycles. The Morgan fingerprint density at radius 2 is 2.00 bits per heavy atom. The van der Waals surface area contributed by atoms with Crippen LogP contribution < -0.4 is 4.74 Å². The summed E-state index contributed by atoms with van der Waals surface area (Å²) in [6.07, 6.45) is 3.43. The van der Waals surface area contributed by atoms with Gasteiger partial charge in [-0.05, 0) is 37.5 Å². The van der Waals surface area contributed by atoms with Crippen molar-refractivity contribution in [3.63, 3.8) is 0 Å². The molecule has 136 valence electrons. The van der Waals surface area contributed by atoms with Crippen molar-refractivity contribution in [2.45, 2.75) is 19.8 Å². The first kappa shape index (κ1) is 17.7. The smallest absolute Gasteiger partial charge is 0.311 e.